The summed E-state index contributed by atoms with van der Waals surface area (Å²) in [6, 6.07) is 0. The quantitative estimate of drug-likeness (QED) is 0.0169. The maximum Gasteiger partial charge on any atom is 0.472 e. The number of phosphoric ester groups is 2. The standard InChI is InChI=1S/C85H146O17P2/c1-5-9-13-17-21-25-29-33-36-38-39-41-43-47-50-54-58-62-66-70-83(88)96-76-81(102-85(90)72-68-64-60-56-52-48-44-40-37-34-30-26-22-18-14-10-6-2)78-100-104(93,94)98-74-79(86)73-97-103(91,92)99-77-80(101-84(89)71-67-63-59-55-51-45-32-28-24-20-16-12-8-4)75-95-82(87)69-65-61-57-53-49-46-42-35-31-27-23-19-15-11-7-3/h10,14,21-23,25-27,33-37,39,41-42,44,48,56,60,79-81,86H,5-9,11-13,15-20,24,28-32,38,40,43,45-47,49-55,57-59,61-78H2,1-4H3,(H,91,92)(H,93,94)/b14-10-,25-21-,26-22-,27-23-,36-33-,37-34-,41-39-,42-35-,48-44-,60-56-. The molecule has 0 saturated heterocycles. The van der Waals surface area contributed by atoms with E-state index in [4.69, 9.17) is 37.0 Å². The van der Waals surface area contributed by atoms with Crippen molar-refractivity contribution in [3.63, 3.8) is 0 Å². The molecule has 0 rings (SSSR count). The molecule has 17 nitrogen and oxygen atoms in total. The third-order valence-electron chi connectivity index (χ3n) is 16.9. The molecule has 598 valence electrons. The zero-order valence-electron chi connectivity index (χ0n) is 65.4. The fourth-order valence-corrected chi connectivity index (χ4v) is 12.3. The highest BCUT2D eigenvalue weighted by molar-refractivity contribution is 7.47. The first-order valence-corrected chi connectivity index (χ1v) is 43.8. The lowest BCUT2D eigenvalue weighted by Gasteiger charge is -2.21. The molecule has 0 radical (unpaired) electrons. The predicted octanol–water partition coefficient (Wildman–Crippen LogP) is 23.9. The van der Waals surface area contributed by atoms with Crippen molar-refractivity contribution in [2.75, 3.05) is 39.6 Å². The number of ether oxygens (including phenoxy) is 4. The van der Waals surface area contributed by atoms with Crippen molar-refractivity contribution < 1.29 is 80.2 Å². The third kappa shape index (κ3) is 75.7. The van der Waals surface area contributed by atoms with E-state index in [2.05, 4.69) is 137 Å². The average molecular weight is 1500 g/mol. The van der Waals surface area contributed by atoms with Crippen LogP contribution in [0.2, 0.25) is 0 Å². The van der Waals surface area contributed by atoms with E-state index in [-0.39, 0.29) is 25.7 Å². The van der Waals surface area contributed by atoms with Crippen LogP contribution >= 0.6 is 15.6 Å². The van der Waals surface area contributed by atoms with E-state index in [0.29, 0.717) is 32.1 Å². The van der Waals surface area contributed by atoms with Crippen LogP contribution in [0.25, 0.3) is 0 Å². The Hall–Kier alpha value is -4.54. The van der Waals surface area contributed by atoms with Gasteiger partial charge < -0.3 is 33.8 Å². The van der Waals surface area contributed by atoms with Crippen molar-refractivity contribution in [2.24, 2.45) is 0 Å². The Kier molecular flexibility index (Phi) is 73.3. The summed E-state index contributed by atoms with van der Waals surface area (Å²) in [5, 5.41) is 10.6. The molecule has 5 atom stereocenters. The van der Waals surface area contributed by atoms with Gasteiger partial charge in [0.2, 0.25) is 0 Å². The summed E-state index contributed by atoms with van der Waals surface area (Å²) in [6.45, 7) is 4.64. The zero-order valence-corrected chi connectivity index (χ0v) is 67.2. The largest absolute Gasteiger partial charge is 0.472 e. The van der Waals surface area contributed by atoms with Crippen LogP contribution in [0.5, 0.6) is 0 Å². The first-order chi connectivity index (χ1) is 50.7. The molecule has 3 N–H and O–H groups in total. The molecule has 0 heterocycles. The van der Waals surface area contributed by atoms with Gasteiger partial charge in [-0.25, -0.2) is 9.13 Å². The molecule has 0 aromatic carbocycles. The number of esters is 4. The number of rotatable bonds is 76. The molecular weight excluding hydrogens is 1350 g/mol. The van der Waals surface area contributed by atoms with E-state index < -0.39 is 97.5 Å². The van der Waals surface area contributed by atoms with Crippen molar-refractivity contribution >= 4 is 39.5 Å². The van der Waals surface area contributed by atoms with Crippen LogP contribution in [0, 0.1) is 0 Å². The monoisotopic (exact) mass is 1500 g/mol. The lowest BCUT2D eigenvalue weighted by molar-refractivity contribution is -0.161. The lowest BCUT2D eigenvalue weighted by Crippen LogP contribution is -2.30. The van der Waals surface area contributed by atoms with Crippen LogP contribution in [0.1, 0.15) is 336 Å². The molecule has 0 amide bonds. The van der Waals surface area contributed by atoms with Crippen molar-refractivity contribution in [2.45, 2.75) is 354 Å². The summed E-state index contributed by atoms with van der Waals surface area (Å²) in [5.74, 6) is -2.26. The number of carbonyl (C=O) groups excluding carboxylic acids is 4. The molecule has 0 aromatic heterocycles. The topological polar surface area (TPSA) is 237 Å². The smallest absolute Gasteiger partial charge is 0.462 e. The number of hydrogen-bond acceptors (Lipinski definition) is 15. The van der Waals surface area contributed by atoms with Gasteiger partial charge in [-0.05, 0) is 135 Å². The van der Waals surface area contributed by atoms with Gasteiger partial charge in [0.25, 0.3) is 0 Å². The normalized spacial score (nSPS) is 14.5. The molecule has 104 heavy (non-hydrogen) atoms. The molecule has 0 fully saturated rings. The molecule has 0 saturated carbocycles. The van der Waals surface area contributed by atoms with Gasteiger partial charge in [0.1, 0.15) is 19.3 Å². The van der Waals surface area contributed by atoms with Crippen LogP contribution in [0.4, 0.5) is 0 Å². The molecule has 0 bridgehead atoms. The third-order valence-corrected chi connectivity index (χ3v) is 18.8. The Morgan fingerprint density at radius 2 is 0.510 bits per heavy atom. The van der Waals surface area contributed by atoms with Gasteiger partial charge in [0.05, 0.1) is 26.4 Å². The first kappa shape index (κ1) is 99.5. The van der Waals surface area contributed by atoms with E-state index in [1.54, 1.807) is 0 Å². The van der Waals surface area contributed by atoms with E-state index in [1.165, 1.54) is 89.9 Å². The van der Waals surface area contributed by atoms with Gasteiger partial charge in [-0.2, -0.15) is 0 Å². The Labute approximate surface area is 632 Å². The van der Waals surface area contributed by atoms with E-state index in [0.717, 1.165) is 161 Å². The average Bonchev–Trinajstić information content (AvgIpc) is 0.917. The van der Waals surface area contributed by atoms with Crippen molar-refractivity contribution in [3.8, 4) is 0 Å². The van der Waals surface area contributed by atoms with Gasteiger partial charge in [0.15, 0.2) is 12.2 Å². The highest BCUT2D eigenvalue weighted by atomic mass is 31.2. The summed E-state index contributed by atoms with van der Waals surface area (Å²) >= 11 is 0. The number of carbonyl (C=O) groups is 4. The number of aliphatic hydroxyl groups excluding tert-OH is 1. The fourth-order valence-electron chi connectivity index (χ4n) is 10.7. The van der Waals surface area contributed by atoms with E-state index in [1.807, 2.05) is 12.2 Å². The minimum Gasteiger partial charge on any atom is -0.462 e. The second-order valence-corrected chi connectivity index (χ2v) is 29.9. The van der Waals surface area contributed by atoms with Crippen LogP contribution in [0.3, 0.4) is 0 Å². The molecular formula is C85H146O17P2. The maximum absolute atomic E-state index is 13.1. The number of phosphoric acid groups is 2. The van der Waals surface area contributed by atoms with Crippen LogP contribution in [-0.2, 0) is 65.4 Å². The Balaban J connectivity index is 5.42. The summed E-state index contributed by atoms with van der Waals surface area (Å²) < 4.78 is 68.6. The minimum atomic E-state index is -5.00. The van der Waals surface area contributed by atoms with Crippen molar-refractivity contribution in [3.05, 3.63) is 122 Å². The van der Waals surface area contributed by atoms with Gasteiger partial charge >= 0.3 is 39.5 Å². The van der Waals surface area contributed by atoms with Gasteiger partial charge in [-0.3, -0.25) is 37.3 Å². The Morgan fingerprint density at radius 1 is 0.279 bits per heavy atom. The van der Waals surface area contributed by atoms with Crippen LogP contribution in [0.15, 0.2) is 122 Å². The number of hydrogen-bond donors (Lipinski definition) is 3. The van der Waals surface area contributed by atoms with Crippen LogP contribution in [-0.4, -0.2) is 96.7 Å². The first-order valence-electron chi connectivity index (χ1n) is 40.8. The lowest BCUT2D eigenvalue weighted by atomic mass is 10.0. The van der Waals surface area contributed by atoms with Gasteiger partial charge in [-0.1, -0.05) is 297 Å². The second-order valence-electron chi connectivity index (χ2n) is 27.0. The number of unbranched alkanes of at least 4 members (excludes halogenated alkanes) is 30. The van der Waals surface area contributed by atoms with E-state index >= 15 is 0 Å². The fraction of sp³-hybridized carbons (Fsp3) is 0.718. The number of allylic oxidation sites excluding steroid dienone is 20. The number of aliphatic hydroxyl groups is 1. The zero-order chi connectivity index (χ0) is 76.0. The maximum atomic E-state index is 13.1. The summed E-state index contributed by atoms with van der Waals surface area (Å²) in [4.78, 5) is 73.0. The highest BCUT2D eigenvalue weighted by Crippen LogP contribution is 2.45. The van der Waals surface area contributed by atoms with Crippen molar-refractivity contribution in [1.29, 1.82) is 0 Å². The molecule has 0 spiro atoms. The van der Waals surface area contributed by atoms with Crippen LogP contribution < -0.4 is 0 Å². The molecule has 0 aliphatic heterocycles. The predicted molar refractivity (Wildman–Crippen MR) is 427 cm³/mol. The van der Waals surface area contributed by atoms with E-state index in [9.17, 15) is 43.2 Å². The highest BCUT2D eigenvalue weighted by Gasteiger charge is 2.30. The second kappa shape index (κ2) is 76.6. The summed E-state index contributed by atoms with van der Waals surface area (Å²) in [7, 11) is -9.98. The van der Waals surface area contributed by atoms with Gasteiger partial charge in [0, 0.05) is 25.7 Å². The molecule has 19 heteroatoms. The molecule has 5 unspecified atom stereocenters. The molecule has 0 aromatic rings. The minimum absolute atomic E-state index is 0.0116. The Bertz CT molecular complexity index is 2440. The molecule has 0 aliphatic rings. The SMILES string of the molecule is CC/C=C\C/C=C\C/C=C\C/C=C\C/C=C\CCCC(=O)OC(COC(=O)CCCCCCCC/C=C\C/C=C\C/C=C\CCCCC)COP(=O)(O)OCC(O)COP(=O)(O)OCC(COC(=O)CCCCCCC/C=C\C/C=C\CCCCC)OC(=O)CCCCCCCCCCCCCCC. The van der Waals surface area contributed by atoms with Crippen molar-refractivity contribution in [1.82, 2.24) is 0 Å². The molecule has 0 aliphatic carbocycles. The summed E-state index contributed by atoms with van der Waals surface area (Å²) in [5.41, 5.74) is 0. The Morgan fingerprint density at radius 3 is 0.827 bits per heavy atom. The van der Waals surface area contributed by atoms with Gasteiger partial charge in [-0.15, -0.1) is 0 Å². The summed E-state index contributed by atoms with van der Waals surface area (Å²) in [6.07, 6.45) is 84.6.